The number of ketones is 1. The SMILES string of the molecule is CC=Cc1ccccc1Oc1ccccc1C(=O)c1ccccc1. The first-order valence-electron chi connectivity index (χ1n) is 7.88. The summed E-state index contributed by atoms with van der Waals surface area (Å²) in [7, 11) is 0. The zero-order chi connectivity index (χ0) is 16.8. The van der Waals surface area contributed by atoms with Crippen LogP contribution in [0.15, 0.2) is 84.9 Å². The lowest BCUT2D eigenvalue weighted by Crippen LogP contribution is -2.03. The molecule has 0 aliphatic rings. The van der Waals surface area contributed by atoms with Crippen LogP contribution in [0.3, 0.4) is 0 Å². The summed E-state index contributed by atoms with van der Waals surface area (Å²) in [5, 5.41) is 0. The number of hydrogen-bond acceptors (Lipinski definition) is 2. The second-order valence-corrected chi connectivity index (χ2v) is 5.33. The molecule has 0 amide bonds. The van der Waals surface area contributed by atoms with Gasteiger partial charge in [0.05, 0.1) is 5.56 Å². The van der Waals surface area contributed by atoms with Gasteiger partial charge < -0.3 is 4.74 Å². The number of carbonyl (C=O) groups is 1. The molecule has 0 N–H and O–H groups in total. The molecule has 0 aromatic heterocycles. The van der Waals surface area contributed by atoms with E-state index in [4.69, 9.17) is 4.74 Å². The van der Waals surface area contributed by atoms with Crippen LogP contribution in [-0.4, -0.2) is 5.78 Å². The van der Waals surface area contributed by atoms with Crippen LogP contribution in [0.4, 0.5) is 0 Å². The van der Waals surface area contributed by atoms with Crippen molar-refractivity contribution in [2.75, 3.05) is 0 Å². The summed E-state index contributed by atoms with van der Waals surface area (Å²) in [6.07, 6.45) is 3.94. The molecule has 24 heavy (non-hydrogen) atoms. The molecule has 0 saturated heterocycles. The first-order chi connectivity index (χ1) is 11.8. The lowest BCUT2D eigenvalue weighted by molar-refractivity contribution is 0.103. The van der Waals surface area contributed by atoms with Crippen molar-refractivity contribution in [1.29, 1.82) is 0 Å². The highest BCUT2D eigenvalue weighted by Crippen LogP contribution is 2.30. The molecule has 0 saturated carbocycles. The molecule has 2 heteroatoms. The van der Waals surface area contributed by atoms with Crippen LogP contribution in [0.1, 0.15) is 28.4 Å². The van der Waals surface area contributed by atoms with Gasteiger partial charge in [-0.05, 0) is 25.1 Å². The molecule has 0 aliphatic heterocycles. The number of hydrogen-bond donors (Lipinski definition) is 0. The number of rotatable bonds is 5. The van der Waals surface area contributed by atoms with Crippen molar-refractivity contribution in [3.8, 4) is 11.5 Å². The molecule has 0 heterocycles. The van der Waals surface area contributed by atoms with Crippen LogP contribution in [0.5, 0.6) is 11.5 Å². The molecule has 0 aliphatic carbocycles. The Morgan fingerprint density at radius 3 is 2.17 bits per heavy atom. The second-order valence-electron chi connectivity index (χ2n) is 5.33. The zero-order valence-electron chi connectivity index (χ0n) is 13.5. The van der Waals surface area contributed by atoms with Gasteiger partial charge in [0.1, 0.15) is 11.5 Å². The predicted octanol–water partition coefficient (Wildman–Crippen LogP) is 5.74. The number of ether oxygens (including phenoxy) is 1. The minimum atomic E-state index is -0.0466. The van der Waals surface area contributed by atoms with Crippen molar-refractivity contribution in [2.24, 2.45) is 0 Å². The summed E-state index contributed by atoms with van der Waals surface area (Å²) in [6, 6.07) is 24.3. The Kier molecular flexibility index (Phi) is 4.87. The van der Waals surface area contributed by atoms with Gasteiger partial charge in [-0.1, -0.05) is 72.8 Å². The third-order valence-electron chi connectivity index (χ3n) is 3.65. The molecule has 118 valence electrons. The van der Waals surface area contributed by atoms with E-state index in [2.05, 4.69) is 0 Å². The van der Waals surface area contributed by atoms with Crippen molar-refractivity contribution in [3.63, 3.8) is 0 Å². The summed E-state index contributed by atoms with van der Waals surface area (Å²) in [5.74, 6) is 1.24. The maximum absolute atomic E-state index is 12.8. The number of para-hydroxylation sites is 2. The molecule has 3 rings (SSSR count). The van der Waals surface area contributed by atoms with Gasteiger partial charge in [-0.2, -0.15) is 0 Å². The Labute approximate surface area is 142 Å². The summed E-state index contributed by atoms with van der Waals surface area (Å²) in [6.45, 7) is 1.96. The molecule has 0 bridgehead atoms. The van der Waals surface area contributed by atoms with Crippen molar-refractivity contribution in [2.45, 2.75) is 6.92 Å². The minimum absolute atomic E-state index is 0.0466. The van der Waals surface area contributed by atoms with E-state index in [1.807, 2.05) is 91.9 Å². The minimum Gasteiger partial charge on any atom is -0.456 e. The topological polar surface area (TPSA) is 26.3 Å². The molecule has 0 spiro atoms. The van der Waals surface area contributed by atoms with Crippen LogP contribution in [-0.2, 0) is 0 Å². The highest BCUT2D eigenvalue weighted by Gasteiger charge is 2.15. The van der Waals surface area contributed by atoms with E-state index < -0.39 is 0 Å². The first-order valence-corrected chi connectivity index (χ1v) is 7.88. The fourth-order valence-electron chi connectivity index (χ4n) is 2.50. The van der Waals surface area contributed by atoms with Gasteiger partial charge in [0.2, 0.25) is 0 Å². The molecule has 3 aromatic carbocycles. The third kappa shape index (κ3) is 3.44. The van der Waals surface area contributed by atoms with Gasteiger partial charge in [-0.25, -0.2) is 0 Å². The Morgan fingerprint density at radius 1 is 0.792 bits per heavy atom. The van der Waals surface area contributed by atoms with Crippen LogP contribution < -0.4 is 4.74 Å². The number of carbonyl (C=O) groups excluding carboxylic acids is 1. The summed E-state index contributed by atoms with van der Waals surface area (Å²) in [5.41, 5.74) is 2.18. The molecule has 0 unspecified atom stereocenters. The number of allylic oxidation sites excluding steroid dienone is 1. The monoisotopic (exact) mass is 314 g/mol. The van der Waals surface area contributed by atoms with E-state index in [1.54, 1.807) is 6.07 Å². The Balaban J connectivity index is 1.98. The lowest BCUT2D eigenvalue weighted by atomic mass is 10.0. The van der Waals surface area contributed by atoms with E-state index in [0.29, 0.717) is 16.9 Å². The Morgan fingerprint density at radius 2 is 1.42 bits per heavy atom. The normalized spacial score (nSPS) is 10.7. The maximum atomic E-state index is 12.8. The van der Waals surface area contributed by atoms with E-state index in [1.165, 1.54) is 0 Å². The summed E-state index contributed by atoms with van der Waals surface area (Å²) < 4.78 is 6.06. The lowest BCUT2D eigenvalue weighted by Gasteiger charge is -2.12. The first kappa shape index (κ1) is 15.8. The third-order valence-corrected chi connectivity index (χ3v) is 3.65. The fraction of sp³-hybridized carbons (Fsp3) is 0.0455. The van der Waals surface area contributed by atoms with Gasteiger partial charge in [-0.15, -0.1) is 0 Å². The predicted molar refractivity (Wildman–Crippen MR) is 97.5 cm³/mol. The fourth-order valence-corrected chi connectivity index (χ4v) is 2.50. The van der Waals surface area contributed by atoms with Crippen molar-refractivity contribution < 1.29 is 9.53 Å². The standard InChI is InChI=1S/C22H18O2/c1-2-10-17-11-6-8-15-20(17)24-21-16-9-7-14-19(21)22(23)18-12-4-3-5-13-18/h2-16H,1H3. The van der Waals surface area contributed by atoms with E-state index >= 15 is 0 Å². The Hall–Kier alpha value is -3.13. The van der Waals surface area contributed by atoms with Crippen molar-refractivity contribution >= 4 is 11.9 Å². The number of benzene rings is 3. The van der Waals surface area contributed by atoms with Crippen molar-refractivity contribution in [3.05, 3.63) is 102 Å². The molecular weight excluding hydrogens is 296 g/mol. The molecule has 3 aromatic rings. The van der Waals surface area contributed by atoms with Crippen LogP contribution in [0, 0.1) is 0 Å². The van der Waals surface area contributed by atoms with Gasteiger partial charge in [0, 0.05) is 11.1 Å². The van der Waals surface area contributed by atoms with Crippen molar-refractivity contribution in [1.82, 2.24) is 0 Å². The van der Waals surface area contributed by atoms with Gasteiger partial charge in [0.25, 0.3) is 0 Å². The molecule has 2 nitrogen and oxygen atoms in total. The smallest absolute Gasteiger partial charge is 0.196 e. The largest absolute Gasteiger partial charge is 0.456 e. The van der Waals surface area contributed by atoms with E-state index in [-0.39, 0.29) is 5.78 Å². The van der Waals surface area contributed by atoms with Crippen LogP contribution >= 0.6 is 0 Å². The molecule has 0 atom stereocenters. The molecule has 0 fully saturated rings. The Bertz CT molecular complexity index is 864. The second kappa shape index (κ2) is 7.42. The quantitative estimate of drug-likeness (QED) is 0.561. The van der Waals surface area contributed by atoms with Gasteiger partial charge in [-0.3, -0.25) is 4.79 Å². The zero-order valence-corrected chi connectivity index (χ0v) is 13.5. The maximum Gasteiger partial charge on any atom is 0.196 e. The van der Waals surface area contributed by atoms with Crippen LogP contribution in [0.2, 0.25) is 0 Å². The van der Waals surface area contributed by atoms with Crippen LogP contribution in [0.25, 0.3) is 6.08 Å². The highest BCUT2D eigenvalue weighted by molar-refractivity contribution is 6.10. The molecule has 0 radical (unpaired) electrons. The van der Waals surface area contributed by atoms with Gasteiger partial charge in [0.15, 0.2) is 5.78 Å². The van der Waals surface area contributed by atoms with E-state index in [0.717, 1.165) is 11.3 Å². The average Bonchev–Trinajstić information content (AvgIpc) is 2.64. The summed E-state index contributed by atoms with van der Waals surface area (Å²) in [4.78, 5) is 12.8. The van der Waals surface area contributed by atoms with E-state index in [9.17, 15) is 4.79 Å². The average molecular weight is 314 g/mol. The van der Waals surface area contributed by atoms with Gasteiger partial charge >= 0.3 is 0 Å². The highest BCUT2D eigenvalue weighted by atomic mass is 16.5. The summed E-state index contributed by atoms with van der Waals surface area (Å²) >= 11 is 0. The molecular formula is C22H18O2.